The summed E-state index contributed by atoms with van der Waals surface area (Å²) >= 11 is 16.3. The number of nitrogens with one attached hydrogen (secondary N) is 1. The zero-order chi connectivity index (χ0) is 11.3. The Morgan fingerprint density at radius 1 is 1.40 bits per heavy atom. The van der Waals surface area contributed by atoms with Crippen molar-refractivity contribution in [3.05, 3.63) is 36.2 Å². The lowest BCUT2D eigenvalue weighted by molar-refractivity contribution is -0.138. The fourth-order valence-electron chi connectivity index (χ4n) is 0.814. The van der Waals surface area contributed by atoms with Crippen LogP contribution in [0.4, 0.5) is 0 Å². The maximum Gasteiger partial charge on any atom is 0.339 e. The fourth-order valence-corrected chi connectivity index (χ4v) is 0.978. The molecule has 0 aliphatic carbocycles. The van der Waals surface area contributed by atoms with E-state index in [2.05, 4.69) is 5.32 Å². The predicted octanol–water partition coefficient (Wildman–Crippen LogP) is 2.46. The Kier molecular flexibility index (Phi) is 4.51. The van der Waals surface area contributed by atoms with E-state index in [1.54, 1.807) is 24.4 Å². The Labute approximate surface area is 102 Å². The number of halogens is 3. The van der Waals surface area contributed by atoms with Crippen LogP contribution in [0.5, 0.6) is 0 Å². The van der Waals surface area contributed by atoms with E-state index in [0.29, 0.717) is 5.57 Å². The lowest BCUT2D eigenvalue weighted by atomic mass is 10.3. The lowest BCUT2D eigenvalue weighted by Crippen LogP contribution is -2.18. The molecular formula is C9H8Cl3NO2. The molecule has 0 radical (unpaired) electrons. The molecule has 0 fully saturated rings. The Morgan fingerprint density at radius 3 is 2.80 bits per heavy atom. The van der Waals surface area contributed by atoms with Gasteiger partial charge >= 0.3 is 5.97 Å². The van der Waals surface area contributed by atoms with Gasteiger partial charge in [0.15, 0.2) is 0 Å². The molecule has 15 heavy (non-hydrogen) atoms. The van der Waals surface area contributed by atoms with E-state index >= 15 is 0 Å². The van der Waals surface area contributed by atoms with Crippen molar-refractivity contribution in [2.75, 3.05) is 6.61 Å². The van der Waals surface area contributed by atoms with Crippen molar-refractivity contribution >= 4 is 40.8 Å². The van der Waals surface area contributed by atoms with Gasteiger partial charge in [0.1, 0.15) is 6.61 Å². The first-order valence-corrected chi connectivity index (χ1v) is 5.16. The summed E-state index contributed by atoms with van der Waals surface area (Å²) in [6.07, 6.45) is 8.21. The molecule has 0 aromatic carbocycles. The van der Waals surface area contributed by atoms with Crippen LogP contribution in [-0.4, -0.2) is 16.4 Å². The molecule has 0 atom stereocenters. The number of carbonyl (C=O) groups excluding carboxylic acids is 1. The second-order valence-electron chi connectivity index (χ2n) is 2.68. The van der Waals surface area contributed by atoms with Crippen LogP contribution in [0.3, 0.4) is 0 Å². The molecule has 1 aliphatic heterocycles. The average Bonchev–Trinajstić information content (AvgIpc) is 2.41. The van der Waals surface area contributed by atoms with Crippen LogP contribution in [-0.2, 0) is 9.53 Å². The van der Waals surface area contributed by atoms with E-state index in [1.807, 2.05) is 0 Å². The van der Waals surface area contributed by atoms with Gasteiger partial charge in [-0.25, -0.2) is 4.79 Å². The molecule has 1 aliphatic rings. The van der Waals surface area contributed by atoms with E-state index in [0.717, 1.165) is 0 Å². The van der Waals surface area contributed by atoms with Gasteiger partial charge < -0.3 is 10.1 Å². The van der Waals surface area contributed by atoms with E-state index in [-0.39, 0.29) is 6.61 Å². The summed E-state index contributed by atoms with van der Waals surface area (Å²) in [5.74, 6) is -0.547. The molecule has 0 spiro atoms. The Morgan fingerprint density at radius 2 is 2.13 bits per heavy atom. The number of allylic oxidation sites excluding steroid dienone is 2. The molecule has 1 N–H and O–H groups in total. The van der Waals surface area contributed by atoms with E-state index < -0.39 is 9.76 Å². The third kappa shape index (κ3) is 5.11. The zero-order valence-corrected chi connectivity index (χ0v) is 9.81. The molecule has 0 bridgehead atoms. The standard InChI is InChI=1S/C9H8Cl3NO2/c10-9(11,12)6-15-8(14)7-3-1-2-4-13-5-7/h1-5,13H,6H2. The summed E-state index contributed by atoms with van der Waals surface area (Å²) in [5.41, 5.74) is 0.356. The number of hydrogen-bond donors (Lipinski definition) is 1. The van der Waals surface area contributed by atoms with Crippen molar-refractivity contribution in [3.63, 3.8) is 0 Å². The number of hydrogen-bond acceptors (Lipinski definition) is 3. The summed E-state index contributed by atoms with van der Waals surface area (Å²) in [6.45, 7) is -0.283. The first-order valence-electron chi connectivity index (χ1n) is 4.02. The fraction of sp³-hybridized carbons (Fsp3) is 0.222. The van der Waals surface area contributed by atoms with Gasteiger partial charge in [0.2, 0.25) is 3.79 Å². The molecule has 3 nitrogen and oxygen atoms in total. The molecule has 1 rings (SSSR count). The molecule has 6 heteroatoms. The normalized spacial score (nSPS) is 15.3. The van der Waals surface area contributed by atoms with Crippen LogP contribution in [0.1, 0.15) is 0 Å². The highest BCUT2D eigenvalue weighted by Crippen LogP contribution is 2.26. The van der Waals surface area contributed by atoms with Crippen molar-refractivity contribution in [1.82, 2.24) is 5.32 Å². The van der Waals surface area contributed by atoms with Crippen molar-refractivity contribution in [2.45, 2.75) is 3.79 Å². The topological polar surface area (TPSA) is 38.3 Å². The van der Waals surface area contributed by atoms with Gasteiger partial charge in [0.05, 0.1) is 5.57 Å². The molecule has 0 aromatic rings. The van der Waals surface area contributed by atoms with Crippen LogP contribution in [0.25, 0.3) is 0 Å². The number of esters is 1. The molecule has 0 aromatic heterocycles. The minimum atomic E-state index is -1.59. The van der Waals surface area contributed by atoms with Crippen LogP contribution in [0, 0.1) is 0 Å². The summed E-state index contributed by atoms with van der Waals surface area (Å²) in [7, 11) is 0. The van der Waals surface area contributed by atoms with E-state index in [1.165, 1.54) is 6.20 Å². The van der Waals surface area contributed by atoms with Gasteiger partial charge in [-0.1, -0.05) is 40.9 Å². The molecular weight excluding hydrogens is 260 g/mol. The van der Waals surface area contributed by atoms with Gasteiger partial charge in [-0.05, 0) is 12.2 Å². The Bertz CT molecular complexity index is 329. The van der Waals surface area contributed by atoms with Crippen LogP contribution in [0.2, 0.25) is 0 Å². The SMILES string of the molecule is O=C(OCC(Cl)(Cl)Cl)C1=CNC=CC=C1. The van der Waals surface area contributed by atoms with Gasteiger partial charge in [0.25, 0.3) is 0 Å². The third-order valence-corrected chi connectivity index (χ3v) is 1.75. The number of ether oxygens (including phenoxy) is 1. The minimum Gasteiger partial charge on any atom is -0.457 e. The second kappa shape index (κ2) is 5.45. The molecule has 82 valence electrons. The summed E-state index contributed by atoms with van der Waals surface area (Å²) in [6, 6.07) is 0. The summed E-state index contributed by atoms with van der Waals surface area (Å²) in [4.78, 5) is 11.4. The van der Waals surface area contributed by atoms with Gasteiger partial charge in [-0.3, -0.25) is 0 Å². The van der Waals surface area contributed by atoms with Gasteiger partial charge in [-0.2, -0.15) is 0 Å². The first-order chi connectivity index (χ1) is 6.99. The molecule has 0 saturated carbocycles. The van der Waals surface area contributed by atoms with Crippen LogP contribution in [0.15, 0.2) is 36.2 Å². The van der Waals surface area contributed by atoms with E-state index in [9.17, 15) is 4.79 Å². The lowest BCUT2D eigenvalue weighted by Gasteiger charge is -2.11. The Balaban J connectivity index is 2.51. The van der Waals surface area contributed by atoms with Crippen LogP contribution >= 0.6 is 34.8 Å². The highest BCUT2D eigenvalue weighted by atomic mass is 35.6. The smallest absolute Gasteiger partial charge is 0.339 e. The van der Waals surface area contributed by atoms with E-state index in [4.69, 9.17) is 39.5 Å². The molecule has 1 heterocycles. The molecule has 0 saturated heterocycles. The second-order valence-corrected chi connectivity index (χ2v) is 5.19. The summed E-state index contributed by atoms with van der Waals surface area (Å²) < 4.78 is 3.19. The van der Waals surface area contributed by atoms with Crippen LogP contribution < -0.4 is 5.32 Å². The number of rotatable bonds is 2. The summed E-state index contributed by atoms with van der Waals surface area (Å²) in [5, 5.41) is 2.77. The van der Waals surface area contributed by atoms with Crippen molar-refractivity contribution in [2.24, 2.45) is 0 Å². The number of carbonyl (C=O) groups is 1. The zero-order valence-electron chi connectivity index (χ0n) is 7.54. The van der Waals surface area contributed by atoms with Crippen molar-refractivity contribution in [3.8, 4) is 0 Å². The minimum absolute atomic E-state index is 0.283. The maximum atomic E-state index is 11.4. The molecule has 0 unspecified atom stereocenters. The third-order valence-electron chi connectivity index (χ3n) is 1.42. The highest BCUT2D eigenvalue weighted by molar-refractivity contribution is 6.67. The quantitative estimate of drug-likeness (QED) is 0.617. The predicted molar refractivity (Wildman–Crippen MR) is 60.7 cm³/mol. The van der Waals surface area contributed by atoms with Gasteiger partial charge in [0, 0.05) is 12.4 Å². The maximum absolute atomic E-state index is 11.4. The first kappa shape index (κ1) is 12.4. The Hall–Kier alpha value is -0.640. The largest absolute Gasteiger partial charge is 0.457 e. The highest BCUT2D eigenvalue weighted by Gasteiger charge is 2.22. The molecule has 0 amide bonds. The van der Waals surface area contributed by atoms with Crippen molar-refractivity contribution < 1.29 is 9.53 Å². The number of alkyl halides is 3. The van der Waals surface area contributed by atoms with Crippen molar-refractivity contribution in [1.29, 1.82) is 0 Å². The monoisotopic (exact) mass is 267 g/mol. The van der Waals surface area contributed by atoms with Gasteiger partial charge in [-0.15, -0.1) is 0 Å². The average molecular weight is 269 g/mol.